The quantitative estimate of drug-likeness (QED) is 0.784. The number of primary amides is 1. The van der Waals surface area contributed by atoms with Gasteiger partial charge in [0, 0.05) is 5.56 Å². The van der Waals surface area contributed by atoms with Crippen LogP contribution in [0, 0.1) is 5.92 Å². The summed E-state index contributed by atoms with van der Waals surface area (Å²) >= 11 is 0. The first-order valence-electron chi connectivity index (χ1n) is 5.21. The maximum absolute atomic E-state index is 11.0. The van der Waals surface area contributed by atoms with Gasteiger partial charge >= 0.3 is 0 Å². The number of fused-ring (bicyclic) bond motifs is 1. The Morgan fingerprint density at radius 1 is 1.40 bits per heavy atom. The van der Waals surface area contributed by atoms with Crippen molar-refractivity contribution in [3.05, 3.63) is 40.5 Å². The number of nitrogens with two attached hydrogens (primary N) is 1. The first-order valence-corrected chi connectivity index (χ1v) is 5.21. The van der Waals surface area contributed by atoms with E-state index >= 15 is 0 Å². The molecule has 78 valence electrons. The molecule has 1 aliphatic rings. The molecule has 0 saturated carbocycles. The van der Waals surface area contributed by atoms with Crippen LogP contribution in [-0.2, 0) is 6.42 Å². The number of allylic oxidation sites excluding steroid dienone is 1. The van der Waals surface area contributed by atoms with Crippen LogP contribution in [0.3, 0.4) is 0 Å². The van der Waals surface area contributed by atoms with Gasteiger partial charge in [0.15, 0.2) is 0 Å². The van der Waals surface area contributed by atoms with E-state index in [0.717, 1.165) is 6.42 Å². The third kappa shape index (κ3) is 1.80. The largest absolute Gasteiger partial charge is 0.366 e. The summed E-state index contributed by atoms with van der Waals surface area (Å²) in [5.41, 5.74) is 9.72. The Morgan fingerprint density at radius 2 is 2.13 bits per heavy atom. The molecule has 0 unspecified atom stereocenters. The van der Waals surface area contributed by atoms with Gasteiger partial charge in [0.2, 0.25) is 5.91 Å². The van der Waals surface area contributed by atoms with Gasteiger partial charge < -0.3 is 5.73 Å². The lowest BCUT2D eigenvalue weighted by Crippen LogP contribution is -2.11. The summed E-state index contributed by atoms with van der Waals surface area (Å²) in [7, 11) is 0. The summed E-state index contributed by atoms with van der Waals surface area (Å²) in [6.07, 6.45) is 3.17. The van der Waals surface area contributed by atoms with Crippen molar-refractivity contribution in [2.24, 2.45) is 11.7 Å². The third-order valence-electron chi connectivity index (χ3n) is 2.90. The van der Waals surface area contributed by atoms with Gasteiger partial charge in [-0.2, -0.15) is 0 Å². The Kier molecular flexibility index (Phi) is 2.35. The molecule has 0 bridgehead atoms. The van der Waals surface area contributed by atoms with E-state index in [1.807, 2.05) is 12.1 Å². The fourth-order valence-corrected chi connectivity index (χ4v) is 1.89. The smallest absolute Gasteiger partial charge is 0.248 e. The van der Waals surface area contributed by atoms with Crippen molar-refractivity contribution < 1.29 is 4.79 Å². The topological polar surface area (TPSA) is 43.1 Å². The molecule has 15 heavy (non-hydrogen) atoms. The molecule has 0 fully saturated rings. The fraction of sp³-hybridized carbons (Fsp3) is 0.308. The summed E-state index contributed by atoms with van der Waals surface area (Å²) in [5, 5.41) is 0. The molecule has 0 spiro atoms. The maximum Gasteiger partial charge on any atom is 0.248 e. The number of amides is 1. The van der Waals surface area contributed by atoms with Crippen molar-refractivity contribution in [3.63, 3.8) is 0 Å². The predicted molar refractivity (Wildman–Crippen MR) is 61.5 cm³/mol. The first kappa shape index (κ1) is 9.97. The van der Waals surface area contributed by atoms with Gasteiger partial charge in [-0.15, -0.1) is 0 Å². The van der Waals surface area contributed by atoms with Crippen LogP contribution in [0.25, 0.3) is 6.08 Å². The zero-order valence-electron chi connectivity index (χ0n) is 9.08. The average Bonchev–Trinajstić information content (AvgIpc) is 2.59. The number of hydrogen-bond acceptors (Lipinski definition) is 1. The molecular weight excluding hydrogens is 186 g/mol. The van der Waals surface area contributed by atoms with E-state index in [-0.39, 0.29) is 5.91 Å². The Hall–Kier alpha value is -1.57. The van der Waals surface area contributed by atoms with Crippen LogP contribution in [0.4, 0.5) is 0 Å². The van der Waals surface area contributed by atoms with Crippen molar-refractivity contribution in [2.75, 3.05) is 0 Å². The maximum atomic E-state index is 11.0. The van der Waals surface area contributed by atoms with E-state index in [1.165, 1.54) is 16.7 Å². The van der Waals surface area contributed by atoms with Crippen LogP contribution in [-0.4, -0.2) is 5.91 Å². The van der Waals surface area contributed by atoms with E-state index in [1.54, 1.807) is 6.07 Å². The second kappa shape index (κ2) is 3.54. The third-order valence-corrected chi connectivity index (χ3v) is 2.90. The molecule has 0 aliphatic heterocycles. The molecule has 0 aromatic heterocycles. The monoisotopic (exact) mass is 201 g/mol. The normalized spacial score (nSPS) is 13.9. The molecule has 0 saturated heterocycles. The number of rotatable bonds is 2. The van der Waals surface area contributed by atoms with Crippen LogP contribution in [0.15, 0.2) is 23.8 Å². The Labute approximate surface area is 89.8 Å². The van der Waals surface area contributed by atoms with Crippen LogP contribution in [0.5, 0.6) is 0 Å². The Morgan fingerprint density at radius 3 is 2.73 bits per heavy atom. The number of hydrogen-bond donors (Lipinski definition) is 1. The minimum Gasteiger partial charge on any atom is -0.366 e. The molecule has 2 nitrogen and oxygen atoms in total. The van der Waals surface area contributed by atoms with E-state index < -0.39 is 0 Å². The summed E-state index contributed by atoms with van der Waals surface area (Å²) in [6, 6.07) is 5.68. The molecule has 2 heteroatoms. The van der Waals surface area contributed by atoms with Gasteiger partial charge in [0.1, 0.15) is 0 Å². The van der Waals surface area contributed by atoms with Crippen LogP contribution in [0.1, 0.15) is 35.3 Å². The summed E-state index contributed by atoms with van der Waals surface area (Å²) in [5.74, 6) is 0.213. The second-order valence-electron chi connectivity index (χ2n) is 4.33. The lowest BCUT2D eigenvalue weighted by atomic mass is 10.0. The summed E-state index contributed by atoms with van der Waals surface area (Å²) in [6.45, 7) is 4.37. The number of benzene rings is 1. The van der Waals surface area contributed by atoms with Gasteiger partial charge in [0.25, 0.3) is 0 Å². The molecular formula is C13H15NO. The van der Waals surface area contributed by atoms with Crippen molar-refractivity contribution in [2.45, 2.75) is 20.3 Å². The van der Waals surface area contributed by atoms with E-state index in [2.05, 4.69) is 19.9 Å². The molecule has 1 amide bonds. The fourth-order valence-electron chi connectivity index (χ4n) is 1.89. The van der Waals surface area contributed by atoms with Crippen molar-refractivity contribution in [3.8, 4) is 0 Å². The van der Waals surface area contributed by atoms with Crippen LogP contribution in [0.2, 0.25) is 0 Å². The van der Waals surface area contributed by atoms with Gasteiger partial charge in [-0.1, -0.05) is 31.6 Å². The highest BCUT2D eigenvalue weighted by molar-refractivity contribution is 5.93. The van der Waals surface area contributed by atoms with Crippen molar-refractivity contribution >= 4 is 12.0 Å². The Bertz CT molecular complexity index is 444. The van der Waals surface area contributed by atoms with Crippen molar-refractivity contribution in [1.82, 2.24) is 0 Å². The van der Waals surface area contributed by atoms with Crippen LogP contribution < -0.4 is 5.73 Å². The van der Waals surface area contributed by atoms with Gasteiger partial charge in [-0.25, -0.2) is 0 Å². The summed E-state index contributed by atoms with van der Waals surface area (Å²) < 4.78 is 0. The van der Waals surface area contributed by atoms with Gasteiger partial charge in [-0.3, -0.25) is 4.79 Å². The van der Waals surface area contributed by atoms with Crippen molar-refractivity contribution in [1.29, 1.82) is 0 Å². The number of carbonyl (C=O) groups is 1. The molecule has 1 aromatic carbocycles. The molecule has 2 rings (SSSR count). The molecule has 1 aromatic rings. The lowest BCUT2D eigenvalue weighted by Gasteiger charge is -2.05. The highest BCUT2D eigenvalue weighted by Crippen LogP contribution is 2.29. The minimum atomic E-state index is -0.351. The lowest BCUT2D eigenvalue weighted by molar-refractivity contribution is 0.1000. The second-order valence-corrected chi connectivity index (χ2v) is 4.33. The summed E-state index contributed by atoms with van der Waals surface area (Å²) in [4.78, 5) is 11.0. The van der Waals surface area contributed by atoms with Gasteiger partial charge in [0.05, 0.1) is 0 Å². The first-order chi connectivity index (χ1) is 7.08. The molecule has 0 heterocycles. The van der Waals surface area contributed by atoms with E-state index in [0.29, 0.717) is 11.5 Å². The SMILES string of the molecule is CC(C)C1=Cc2ccc(C(N)=O)cc2C1. The zero-order valence-corrected chi connectivity index (χ0v) is 9.08. The standard InChI is InChI=1S/C13H15NO/c1-8(2)11-5-9-3-4-10(13(14)15)6-12(9)7-11/h3-6,8H,7H2,1-2H3,(H2,14,15). The van der Waals surface area contributed by atoms with Gasteiger partial charge in [-0.05, 0) is 35.6 Å². The molecule has 0 radical (unpaired) electrons. The Balaban J connectivity index is 2.34. The van der Waals surface area contributed by atoms with E-state index in [9.17, 15) is 4.79 Å². The minimum absolute atomic E-state index is 0.351. The molecule has 1 aliphatic carbocycles. The van der Waals surface area contributed by atoms with E-state index in [4.69, 9.17) is 5.73 Å². The predicted octanol–water partition coefficient (Wildman–Crippen LogP) is 2.38. The highest BCUT2D eigenvalue weighted by Gasteiger charge is 2.16. The molecule has 0 atom stereocenters. The number of carbonyl (C=O) groups excluding carboxylic acids is 1. The average molecular weight is 201 g/mol. The molecule has 2 N–H and O–H groups in total. The van der Waals surface area contributed by atoms with Crippen LogP contribution >= 0.6 is 0 Å². The zero-order chi connectivity index (χ0) is 11.0. The highest BCUT2D eigenvalue weighted by atomic mass is 16.1.